The van der Waals surface area contributed by atoms with E-state index in [4.69, 9.17) is 4.74 Å². The van der Waals surface area contributed by atoms with E-state index in [1.807, 2.05) is 6.07 Å². The summed E-state index contributed by atoms with van der Waals surface area (Å²) in [6, 6.07) is 6.15. The lowest BCUT2D eigenvalue weighted by molar-refractivity contribution is -1.02. The molecule has 2 saturated heterocycles. The Morgan fingerprint density at radius 2 is 1.80 bits per heavy atom. The number of carbonyl (C=O) groups is 2. The average molecular weight is 417 g/mol. The van der Waals surface area contributed by atoms with E-state index in [9.17, 15) is 9.59 Å². The van der Waals surface area contributed by atoms with Gasteiger partial charge in [-0.25, -0.2) is 9.69 Å². The van der Waals surface area contributed by atoms with Crippen LogP contribution in [0.1, 0.15) is 43.7 Å². The van der Waals surface area contributed by atoms with Gasteiger partial charge in [-0.2, -0.15) is 0 Å². The zero-order chi connectivity index (χ0) is 21.3. The monoisotopic (exact) mass is 416 g/mol. The number of ether oxygens (including phenoxy) is 1. The van der Waals surface area contributed by atoms with Crippen LogP contribution in [0.15, 0.2) is 18.2 Å². The average Bonchev–Trinajstić information content (AvgIpc) is 2.96. The number of aryl methyl sites for hydroxylation is 1. The Kier molecular flexibility index (Phi) is 6.02. The number of hydrogen-bond donors (Lipinski definition) is 3. The summed E-state index contributed by atoms with van der Waals surface area (Å²) in [6.07, 6.45) is 3.58. The van der Waals surface area contributed by atoms with Crippen LogP contribution in [0.25, 0.3) is 0 Å². The molecule has 1 aromatic rings. The number of nitrogens with one attached hydrogen (secondary N) is 3. The first-order chi connectivity index (χ1) is 14.4. The van der Waals surface area contributed by atoms with Crippen LogP contribution < -0.4 is 19.9 Å². The fraction of sp³-hybridized carbons (Fsp3) is 0.652. The number of imide groups is 1. The van der Waals surface area contributed by atoms with E-state index in [1.54, 1.807) is 7.11 Å². The highest BCUT2D eigenvalue weighted by Gasteiger charge is 2.53. The first-order valence-electron chi connectivity index (χ1n) is 11.3. The van der Waals surface area contributed by atoms with Gasteiger partial charge >= 0.3 is 6.03 Å². The maximum Gasteiger partial charge on any atom is 0.329 e. The molecule has 4 rings (SSSR count). The summed E-state index contributed by atoms with van der Waals surface area (Å²) in [4.78, 5) is 30.0. The number of amides is 3. The van der Waals surface area contributed by atoms with Gasteiger partial charge in [-0.15, -0.1) is 0 Å². The molecular formula is C23H36N4O3+2. The summed E-state index contributed by atoms with van der Waals surface area (Å²) >= 11 is 0. The lowest BCUT2D eigenvalue weighted by Crippen LogP contribution is -3.28. The van der Waals surface area contributed by atoms with Crippen LogP contribution >= 0.6 is 0 Å². The number of benzene rings is 1. The van der Waals surface area contributed by atoms with E-state index in [0.717, 1.165) is 64.2 Å². The highest BCUT2D eigenvalue weighted by molar-refractivity contribution is 6.06. The Labute approximate surface area is 179 Å². The molecule has 7 heteroatoms. The SMILES string of the molecule is COc1ccc(C)cc1C[NH+]1CC[NH+](CN2C(=O)NC3(CCC(C)CC3)C2=O)CC1. The van der Waals surface area contributed by atoms with Crippen molar-refractivity contribution in [1.82, 2.24) is 10.2 Å². The summed E-state index contributed by atoms with van der Waals surface area (Å²) in [5.41, 5.74) is 1.87. The lowest BCUT2D eigenvalue weighted by atomic mass is 9.77. The number of methoxy groups -OCH3 is 1. The van der Waals surface area contributed by atoms with E-state index >= 15 is 0 Å². The summed E-state index contributed by atoms with van der Waals surface area (Å²) < 4.78 is 5.53. The zero-order valence-corrected chi connectivity index (χ0v) is 18.6. The third kappa shape index (κ3) is 4.18. The fourth-order valence-corrected chi connectivity index (χ4v) is 5.24. The molecule has 0 bridgehead atoms. The quantitative estimate of drug-likeness (QED) is 0.580. The first kappa shape index (κ1) is 21.1. The predicted octanol–water partition coefficient (Wildman–Crippen LogP) is -0.255. The second-order valence-corrected chi connectivity index (χ2v) is 9.58. The van der Waals surface area contributed by atoms with Crippen molar-refractivity contribution in [3.05, 3.63) is 29.3 Å². The minimum absolute atomic E-state index is 0.00572. The van der Waals surface area contributed by atoms with Crippen LogP contribution in [0.4, 0.5) is 4.79 Å². The maximum absolute atomic E-state index is 13.1. The summed E-state index contributed by atoms with van der Waals surface area (Å²) in [7, 11) is 1.73. The van der Waals surface area contributed by atoms with Gasteiger partial charge in [0.15, 0.2) is 6.67 Å². The van der Waals surface area contributed by atoms with Crippen molar-refractivity contribution in [2.75, 3.05) is 40.0 Å². The summed E-state index contributed by atoms with van der Waals surface area (Å²) in [6.45, 7) is 9.75. The second-order valence-electron chi connectivity index (χ2n) is 9.58. The van der Waals surface area contributed by atoms with Crippen molar-refractivity contribution in [3.63, 3.8) is 0 Å². The third-order valence-electron chi connectivity index (χ3n) is 7.30. The van der Waals surface area contributed by atoms with Crippen molar-refractivity contribution < 1.29 is 24.1 Å². The number of carbonyl (C=O) groups excluding carboxylic acids is 2. The molecule has 3 aliphatic rings. The highest BCUT2D eigenvalue weighted by Crippen LogP contribution is 2.35. The molecule has 0 radical (unpaired) electrons. The molecule has 2 aliphatic heterocycles. The molecule has 0 atom stereocenters. The lowest BCUT2D eigenvalue weighted by Gasteiger charge is -2.34. The molecule has 0 aromatic heterocycles. The molecular weight excluding hydrogens is 380 g/mol. The largest absolute Gasteiger partial charge is 0.496 e. The molecule has 3 fully saturated rings. The van der Waals surface area contributed by atoms with Gasteiger partial charge in [0.2, 0.25) is 0 Å². The van der Waals surface area contributed by atoms with Gasteiger partial charge in [0.25, 0.3) is 5.91 Å². The molecule has 30 heavy (non-hydrogen) atoms. The van der Waals surface area contributed by atoms with Crippen LogP contribution in [0.2, 0.25) is 0 Å². The maximum atomic E-state index is 13.1. The van der Waals surface area contributed by atoms with Gasteiger partial charge in [0.05, 0.1) is 7.11 Å². The van der Waals surface area contributed by atoms with Gasteiger partial charge in [0.1, 0.15) is 44.0 Å². The van der Waals surface area contributed by atoms with Crippen molar-refractivity contribution in [1.29, 1.82) is 0 Å². The van der Waals surface area contributed by atoms with Gasteiger partial charge in [-0.3, -0.25) is 4.79 Å². The number of piperazine rings is 1. The van der Waals surface area contributed by atoms with Gasteiger partial charge in [-0.05, 0) is 50.7 Å². The number of nitrogens with zero attached hydrogens (tertiary/aromatic N) is 1. The summed E-state index contributed by atoms with van der Waals surface area (Å²) in [5, 5.41) is 3.04. The van der Waals surface area contributed by atoms with E-state index in [-0.39, 0.29) is 11.9 Å². The van der Waals surface area contributed by atoms with Crippen molar-refractivity contribution in [2.24, 2.45) is 5.92 Å². The molecule has 2 heterocycles. The van der Waals surface area contributed by atoms with Crippen molar-refractivity contribution in [3.8, 4) is 5.75 Å². The van der Waals surface area contributed by atoms with E-state index in [0.29, 0.717) is 12.6 Å². The first-order valence-corrected chi connectivity index (χ1v) is 11.3. The molecule has 3 amide bonds. The molecule has 1 spiro atoms. The Morgan fingerprint density at radius 1 is 1.13 bits per heavy atom. The highest BCUT2D eigenvalue weighted by atomic mass is 16.5. The van der Waals surface area contributed by atoms with E-state index in [2.05, 4.69) is 31.3 Å². The van der Waals surface area contributed by atoms with Crippen LogP contribution in [0, 0.1) is 12.8 Å². The standard InChI is InChI=1S/C23H34N4O3/c1-17-6-8-23(9-7-17)21(28)27(22(29)24-23)16-26-12-10-25(11-13-26)15-19-14-18(2)4-5-20(19)30-3/h4-5,14,17H,6-13,15-16H2,1-3H3,(H,24,29)/p+2. The minimum atomic E-state index is -0.627. The Morgan fingerprint density at radius 3 is 2.47 bits per heavy atom. The molecule has 164 valence electrons. The van der Waals surface area contributed by atoms with E-state index < -0.39 is 5.54 Å². The molecule has 1 saturated carbocycles. The van der Waals surface area contributed by atoms with Gasteiger partial charge in [0, 0.05) is 5.56 Å². The van der Waals surface area contributed by atoms with Crippen LogP contribution in [-0.4, -0.2) is 62.3 Å². The molecule has 3 N–H and O–H groups in total. The van der Waals surface area contributed by atoms with E-state index in [1.165, 1.54) is 25.8 Å². The van der Waals surface area contributed by atoms with Crippen LogP contribution in [0.5, 0.6) is 5.75 Å². The van der Waals surface area contributed by atoms with Crippen LogP contribution in [0.3, 0.4) is 0 Å². The molecule has 0 unspecified atom stereocenters. The van der Waals surface area contributed by atoms with Crippen molar-refractivity contribution in [2.45, 2.75) is 51.6 Å². The third-order valence-corrected chi connectivity index (χ3v) is 7.30. The fourth-order valence-electron chi connectivity index (χ4n) is 5.24. The Hall–Kier alpha value is -2.12. The normalized spacial score (nSPS) is 31.8. The molecule has 1 aromatic carbocycles. The molecule has 7 nitrogen and oxygen atoms in total. The van der Waals surface area contributed by atoms with Gasteiger partial charge < -0.3 is 19.9 Å². The Balaban J connectivity index is 1.31. The summed E-state index contributed by atoms with van der Waals surface area (Å²) in [5.74, 6) is 1.60. The number of rotatable bonds is 5. The number of quaternary nitrogens is 2. The van der Waals surface area contributed by atoms with Crippen molar-refractivity contribution >= 4 is 11.9 Å². The van der Waals surface area contributed by atoms with Gasteiger partial charge in [-0.1, -0.05) is 18.6 Å². The second kappa shape index (κ2) is 8.55. The minimum Gasteiger partial charge on any atom is -0.496 e. The predicted molar refractivity (Wildman–Crippen MR) is 113 cm³/mol. The number of hydrogen-bond acceptors (Lipinski definition) is 3. The Bertz CT molecular complexity index is 796. The number of urea groups is 1. The zero-order valence-electron chi connectivity index (χ0n) is 18.6. The molecule has 1 aliphatic carbocycles. The topological polar surface area (TPSA) is 67.5 Å². The smallest absolute Gasteiger partial charge is 0.329 e. The van der Waals surface area contributed by atoms with Crippen LogP contribution in [-0.2, 0) is 11.3 Å².